The molecule has 5 heteroatoms. The molecule has 1 amide bonds. The quantitative estimate of drug-likeness (QED) is 0.627. The largest absolute Gasteiger partial charge is 0.331 e. The molecule has 13 heavy (non-hydrogen) atoms. The average molecular weight is 182 g/mol. The van der Waals surface area contributed by atoms with E-state index in [9.17, 15) is 4.79 Å². The van der Waals surface area contributed by atoms with Crippen molar-refractivity contribution in [1.29, 1.82) is 0 Å². The number of hydrogen-bond donors (Lipinski definition) is 3. The molecule has 1 heterocycles. The Bertz CT molecular complexity index is 257. The Morgan fingerprint density at radius 3 is 3.15 bits per heavy atom. The Kier molecular flexibility index (Phi) is 3.45. The van der Waals surface area contributed by atoms with E-state index >= 15 is 0 Å². The van der Waals surface area contributed by atoms with Gasteiger partial charge in [-0.25, -0.2) is 4.98 Å². The van der Waals surface area contributed by atoms with E-state index in [0.29, 0.717) is 18.9 Å². The lowest BCUT2D eigenvalue weighted by Crippen LogP contribution is -2.23. The van der Waals surface area contributed by atoms with E-state index in [1.807, 2.05) is 6.92 Å². The van der Waals surface area contributed by atoms with E-state index < -0.39 is 0 Å². The average Bonchev–Trinajstić information content (AvgIpc) is 2.57. The fourth-order valence-electron chi connectivity index (χ4n) is 0.955. The lowest BCUT2D eigenvalue weighted by Gasteiger charge is -2.08. The van der Waals surface area contributed by atoms with E-state index in [0.717, 1.165) is 0 Å². The van der Waals surface area contributed by atoms with Gasteiger partial charge in [0.2, 0.25) is 11.9 Å². The zero-order chi connectivity index (χ0) is 9.68. The topological polar surface area (TPSA) is 83.8 Å². The molecule has 1 rings (SSSR count). The number of rotatable bonds is 4. The maximum Gasteiger partial charge on any atom is 0.229 e. The van der Waals surface area contributed by atoms with E-state index in [4.69, 9.17) is 5.73 Å². The fraction of sp³-hybridized carbons (Fsp3) is 0.500. The molecular weight excluding hydrogens is 168 g/mol. The molecule has 0 fully saturated rings. The van der Waals surface area contributed by atoms with Crippen molar-refractivity contribution < 1.29 is 4.79 Å². The molecule has 1 unspecified atom stereocenters. The van der Waals surface area contributed by atoms with Crippen LogP contribution in [0.3, 0.4) is 0 Å². The SMILES string of the molecule is CC(CCN)C(=O)Nc1ncc[nH]1. The summed E-state index contributed by atoms with van der Waals surface area (Å²) in [5.74, 6) is 0.351. The summed E-state index contributed by atoms with van der Waals surface area (Å²) in [4.78, 5) is 18.0. The van der Waals surface area contributed by atoms with Gasteiger partial charge in [-0.1, -0.05) is 6.92 Å². The summed E-state index contributed by atoms with van der Waals surface area (Å²) >= 11 is 0. The van der Waals surface area contributed by atoms with Gasteiger partial charge in [-0.3, -0.25) is 10.1 Å². The number of nitrogens with one attached hydrogen (secondary N) is 2. The number of imidazole rings is 1. The Morgan fingerprint density at radius 2 is 2.62 bits per heavy atom. The zero-order valence-electron chi connectivity index (χ0n) is 7.58. The van der Waals surface area contributed by atoms with Crippen LogP contribution in [0, 0.1) is 5.92 Å². The standard InChI is InChI=1S/C8H14N4O/c1-6(2-3-9)7(13)12-8-10-4-5-11-8/h4-6H,2-3,9H2,1H3,(H2,10,11,12,13). The van der Waals surface area contributed by atoms with Gasteiger partial charge in [0.1, 0.15) is 0 Å². The van der Waals surface area contributed by atoms with E-state index in [-0.39, 0.29) is 11.8 Å². The summed E-state index contributed by atoms with van der Waals surface area (Å²) in [5.41, 5.74) is 5.34. The van der Waals surface area contributed by atoms with Crippen molar-refractivity contribution >= 4 is 11.9 Å². The molecule has 1 atom stereocenters. The molecule has 0 spiro atoms. The minimum Gasteiger partial charge on any atom is -0.331 e. The molecule has 0 aliphatic heterocycles. The van der Waals surface area contributed by atoms with E-state index in [1.165, 1.54) is 0 Å². The summed E-state index contributed by atoms with van der Waals surface area (Å²) in [6.07, 6.45) is 3.93. The van der Waals surface area contributed by atoms with Gasteiger partial charge >= 0.3 is 0 Å². The van der Waals surface area contributed by atoms with Crippen LogP contribution in [0.1, 0.15) is 13.3 Å². The van der Waals surface area contributed by atoms with Crippen LogP contribution in [0.15, 0.2) is 12.4 Å². The molecule has 0 saturated carbocycles. The lowest BCUT2D eigenvalue weighted by atomic mass is 10.1. The third kappa shape index (κ3) is 2.87. The molecule has 0 aliphatic rings. The van der Waals surface area contributed by atoms with Crippen LogP contribution >= 0.6 is 0 Å². The Labute approximate surface area is 76.7 Å². The number of carbonyl (C=O) groups is 1. The molecule has 0 saturated heterocycles. The second-order valence-corrected chi connectivity index (χ2v) is 2.91. The highest BCUT2D eigenvalue weighted by molar-refractivity contribution is 5.90. The molecule has 0 aromatic carbocycles. The van der Waals surface area contributed by atoms with Gasteiger partial charge < -0.3 is 10.7 Å². The van der Waals surface area contributed by atoms with Crippen molar-refractivity contribution in [1.82, 2.24) is 9.97 Å². The minimum absolute atomic E-state index is 0.0552. The van der Waals surface area contributed by atoms with Crippen LogP contribution in [0.5, 0.6) is 0 Å². The molecule has 4 N–H and O–H groups in total. The van der Waals surface area contributed by atoms with Gasteiger partial charge in [-0.05, 0) is 13.0 Å². The van der Waals surface area contributed by atoms with Gasteiger partial charge in [-0.15, -0.1) is 0 Å². The number of nitrogens with zero attached hydrogens (tertiary/aromatic N) is 1. The molecule has 5 nitrogen and oxygen atoms in total. The third-order valence-electron chi connectivity index (χ3n) is 1.79. The van der Waals surface area contributed by atoms with Crippen LogP contribution in [0.2, 0.25) is 0 Å². The number of amides is 1. The second kappa shape index (κ2) is 4.61. The van der Waals surface area contributed by atoms with E-state index in [1.54, 1.807) is 12.4 Å². The number of anilines is 1. The van der Waals surface area contributed by atoms with Crippen LogP contribution in [0.25, 0.3) is 0 Å². The van der Waals surface area contributed by atoms with Crippen LogP contribution in [-0.2, 0) is 4.79 Å². The fourth-order valence-corrected chi connectivity index (χ4v) is 0.955. The van der Waals surface area contributed by atoms with Gasteiger partial charge in [0.05, 0.1) is 0 Å². The number of nitrogens with two attached hydrogens (primary N) is 1. The number of carbonyl (C=O) groups excluding carboxylic acids is 1. The van der Waals surface area contributed by atoms with Crippen LogP contribution in [-0.4, -0.2) is 22.4 Å². The normalized spacial score (nSPS) is 12.5. The highest BCUT2D eigenvalue weighted by atomic mass is 16.2. The maximum absolute atomic E-state index is 11.4. The summed E-state index contributed by atoms with van der Waals surface area (Å²) in [6, 6.07) is 0. The summed E-state index contributed by atoms with van der Waals surface area (Å²) in [6.45, 7) is 2.36. The first-order valence-electron chi connectivity index (χ1n) is 4.24. The van der Waals surface area contributed by atoms with Crippen LogP contribution in [0.4, 0.5) is 5.95 Å². The molecular formula is C8H14N4O. The minimum atomic E-state index is -0.0740. The van der Waals surface area contributed by atoms with Crippen molar-refractivity contribution in [2.75, 3.05) is 11.9 Å². The molecule has 1 aromatic heterocycles. The molecule has 0 aliphatic carbocycles. The zero-order valence-corrected chi connectivity index (χ0v) is 7.58. The van der Waals surface area contributed by atoms with Crippen molar-refractivity contribution in [3.8, 4) is 0 Å². The molecule has 72 valence electrons. The van der Waals surface area contributed by atoms with Gasteiger partial charge in [0, 0.05) is 18.3 Å². The third-order valence-corrected chi connectivity index (χ3v) is 1.79. The van der Waals surface area contributed by atoms with Gasteiger partial charge in [0.15, 0.2) is 0 Å². The Hall–Kier alpha value is -1.36. The van der Waals surface area contributed by atoms with Gasteiger partial charge in [0.25, 0.3) is 0 Å². The lowest BCUT2D eigenvalue weighted by molar-refractivity contribution is -0.119. The summed E-state index contributed by atoms with van der Waals surface area (Å²) in [7, 11) is 0. The predicted octanol–water partition coefficient (Wildman–Crippen LogP) is 0.333. The monoisotopic (exact) mass is 182 g/mol. The predicted molar refractivity (Wildman–Crippen MR) is 50.1 cm³/mol. The van der Waals surface area contributed by atoms with Crippen molar-refractivity contribution in [2.45, 2.75) is 13.3 Å². The highest BCUT2D eigenvalue weighted by Gasteiger charge is 2.12. The summed E-state index contributed by atoms with van der Waals surface area (Å²) in [5, 5.41) is 2.65. The first-order valence-corrected chi connectivity index (χ1v) is 4.24. The second-order valence-electron chi connectivity index (χ2n) is 2.91. The number of aromatic nitrogens is 2. The van der Waals surface area contributed by atoms with Gasteiger partial charge in [-0.2, -0.15) is 0 Å². The van der Waals surface area contributed by atoms with Crippen molar-refractivity contribution in [2.24, 2.45) is 11.7 Å². The first kappa shape index (κ1) is 9.73. The number of hydrogen-bond acceptors (Lipinski definition) is 3. The number of aromatic amines is 1. The van der Waals surface area contributed by atoms with Crippen LogP contribution < -0.4 is 11.1 Å². The molecule has 0 radical (unpaired) electrons. The Balaban J connectivity index is 2.41. The number of H-pyrrole nitrogens is 1. The van der Waals surface area contributed by atoms with Crippen molar-refractivity contribution in [3.63, 3.8) is 0 Å². The smallest absolute Gasteiger partial charge is 0.229 e. The highest BCUT2D eigenvalue weighted by Crippen LogP contribution is 2.04. The van der Waals surface area contributed by atoms with E-state index in [2.05, 4.69) is 15.3 Å². The molecule has 0 bridgehead atoms. The maximum atomic E-state index is 11.4. The summed E-state index contributed by atoms with van der Waals surface area (Å²) < 4.78 is 0. The van der Waals surface area contributed by atoms with Crippen molar-refractivity contribution in [3.05, 3.63) is 12.4 Å². The molecule has 1 aromatic rings. The Morgan fingerprint density at radius 1 is 1.85 bits per heavy atom. The first-order chi connectivity index (χ1) is 6.24.